The number of hydrogen-bond donors (Lipinski definition) is 0. The maximum atomic E-state index is 4.89. The molecule has 0 aromatic rings. The molecule has 0 spiro atoms. The lowest BCUT2D eigenvalue weighted by Gasteiger charge is -1.98. The normalized spacial score (nSPS) is 9.00. The van der Waals surface area contributed by atoms with Gasteiger partial charge in [0.2, 0.25) is 0 Å². The second-order valence-corrected chi connectivity index (χ2v) is 2.81. The molecule has 0 aromatic carbocycles. The zero-order valence-corrected chi connectivity index (χ0v) is 7.19. The van der Waals surface area contributed by atoms with Crippen LogP contribution < -0.4 is 0 Å². The highest BCUT2D eigenvalue weighted by Crippen LogP contribution is 1.95. The third-order valence-electron chi connectivity index (χ3n) is 0.968. The first-order chi connectivity index (χ1) is 4.27. The molecule has 0 aliphatic carbocycles. The molecule has 0 aliphatic rings. The van der Waals surface area contributed by atoms with Crippen LogP contribution in [0.25, 0.3) is 0 Å². The predicted octanol–water partition coefficient (Wildman–Crippen LogP) is 2.68. The van der Waals surface area contributed by atoms with Crippen molar-refractivity contribution in [3.63, 3.8) is 0 Å². The van der Waals surface area contributed by atoms with Gasteiger partial charge in [0.05, 0.1) is 6.61 Å². The maximum Gasteiger partial charge on any atom is 0.252 e. The van der Waals surface area contributed by atoms with E-state index in [0.717, 1.165) is 6.42 Å². The van der Waals surface area contributed by atoms with Crippen LogP contribution in [0.1, 0.15) is 26.2 Å². The third kappa shape index (κ3) is 8.11. The van der Waals surface area contributed by atoms with Gasteiger partial charge in [-0.1, -0.05) is 19.8 Å². The zero-order chi connectivity index (χ0) is 7.11. The van der Waals surface area contributed by atoms with Crippen molar-refractivity contribution in [1.29, 1.82) is 0 Å². The lowest BCUT2D eigenvalue weighted by atomic mass is 10.3. The number of hydrogen-bond acceptors (Lipinski definition) is 2. The van der Waals surface area contributed by atoms with E-state index in [1.165, 1.54) is 12.8 Å². The summed E-state index contributed by atoms with van der Waals surface area (Å²) in [5.74, 6) is 0. The van der Waals surface area contributed by atoms with Crippen LogP contribution in [0.5, 0.6) is 0 Å². The summed E-state index contributed by atoms with van der Waals surface area (Å²) in [5, 5.41) is 0. The van der Waals surface area contributed by atoms with Crippen LogP contribution in [-0.2, 0) is 4.74 Å². The molecular weight excluding hydrogens is 152 g/mol. The summed E-state index contributed by atoms with van der Waals surface area (Å²) < 4.78 is 5.13. The standard InChI is InChI=1S/C6H11OS2/c1-2-3-4-5-7-6(8)9/h2-5H2,1H3. The molecule has 0 aliphatic heterocycles. The Bertz CT molecular complexity index is 83.1. The van der Waals surface area contributed by atoms with Gasteiger partial charge in [-0.25, -0.2) is 0 Å². The highest BCUT2D eigenvalue weighted by Gasteiger charge is 1.88. The van der Waals surface area contributed by atoms with Crippen LogP contribution in [0, 0.1) is 0 Å². The van der Waals surface area contributed by atoms with Crippen LogP contribution in [-0.4, -0.2) is 11.0 Å². The fourth-order valence-corrected chi connectivity index (χ4v) is 0.674. The molecule has 0 fully saturated rings. The highest BCUT2D eigenvalue weighted by atomic mass is 32.1. The van der Waals surface area contributed by atoms with Gasteiger partial charge < -0.3 is 4.74 Å². The van der Waals surface area contributed by atoms with Crippen molar-refractivity contribution < 1.29 is 4.74 Å². The molecule has 9 heavy (non-hydrogen) atoms. The molecule has 0 atom stereocenters. The molecule has 1 radical (unpaired) electrons. The SMILES string of the molecule is CCCCCOC([S])=S. The van der Waals surface area contributed by atoms with E-state index in [1.807, 2.05) is 0 Å². The van der Waals surface area contributed by atoms with E-state index in [4.69, 9.17) is 4.74 Å². The third-order valence-corrected chi connectivity index (χ3v) is 1.20. The number of thiocarbonyl (C=S) groups is 1. The van der Waals surface area contributed by atoms with Gasteiger partial charge in [-0.3, -0.25) is 0 Å². The molecule has 0 rings (SSSR count). The Morgan fingerprint density at radius 2 is 2.11 bits per heavy atom. The summed E-state index contributed by atoms with van der Waals surface area (Å²) in [5.41, 5.74) is 0. The van der Waals surface area contributed by atoms with Crippen molar-refractivity contribution >= 4 is 29.2 Å². The summed E-state index contributed by atoms with van der Waals surface area (Å²) in [6.45, 7) is 2.84. The Balaban J connectivity index is 2.83. The second-order valence-electron chi connectivity index (χ2n) is 1.81. The van der Waals surface area contributed by atoms with Gasteiger partial charge >= 0.3 is 0 Å². The maximum absolute atomic E-state index is 4.89. The average Bonchev–Trinajstić information content (AvgIpc) is 1.80. The molecular formula is C6H11OS2. The molecule has 53 valence electrons. The first kappa shape index (κ1) is 9.11. The van der Waals surface area contributed by atoms with E-state index in [1.54, 1.807) is 0 Å². The lowest BCUT2D eigenvalue weighted by molar-refractivity contribution is 0.310. The first-order valence-electron chi connectivity index (χ1n) is 3.11. The van der Waals surface area contributed by atoms with E-state index in [2.05, 4.69) is 31.8 Å². The summed E-state index contributed by atoms with van der Waals surface area (Å²) >= 11 is 9.08. The average molecular weight is 163 g/mol. The fraction of sp³-hybridized carbons (Fsp3) is 0.833. The fourth-order valence-electron chi connectivity index (χ4n) is 0.508. The molecule has 0 heterocycles. The summed E-state index contributed by atoms with van der Waals surface area (Å²) in [4.78, 5) is 0. The number of rotatable bonds is 4. The van der Waals surface area contributed by atoms with Crippen LogP contribution >= 0.6 is 24.8 Å². The molecule has 3 heteroatoms. The van der Waals surface area contributed by atoms with Gasteiger partial charge in [-0.05, 0) is 31.3 Å². The van der Waals surface area contributed by atoms with Gasteiger partial charge in [0.1, 0.15) is 0 Å². The molecule has 0 unspecified atom stereocenters. The molecule has 0 amide bonds. The molecule has 0 saturated heterocycles. The van der Waals surface area contributed by atoms with Crippen molar-refractivity contribution in [3.8, 4) is 0 Å². The van der Waals surface area contributed by atoms with E-state index < -0.39 is 0 Å². The van der Waals surface area contributed by atoms with Gasteiger partial charge in [0.25, 0.3) is 4.38 Å². The molecule has 0 aromatic heterocycles. The highest BCUT2D eigenvalue weighted by molar-refractivity contribution is 8.10. The van der Waals surface area contributed by atoms with Crippen LogP contribution in [0.4, 0.5) is 0 Å². The quantitative estimate of drug-likeness (QED) is 0.465. The Morgan fingerprint density at radius 1 is 1.44 bits per heavy atom. The summed E-state index contributed by atoms with van der Waals surface area (Å²) in [6.07, 6.45) is 3.46. The predicted molar refractivity (Wildman–Crippen MR) is 45.7 cm³/mol. The summed E-state index contributed by atoms with van der Waals surface area (Å²) in [6, 6.07) is 0. The zero-order valence-electron chi connectivity index (χ0n) is 5.55. The first-order valence-corrected chi connectivity index (χ1v) is 3.92. The van der Waals surface area contributed by atoms with Gasteiger partial charge in [-0.15, -0.1) is 0 Å². The Morgan fingerprint density at radius 3 is 2.56 bits per heavy atom. The largest absolute Gasteiger partial charge is 0.475 e. The summed E-state index contributed by atoms with van der Waals surface area (Å²) in [7, 11) is 0. The topological polar surface area (TPSA) is 9.23 Å². The van der Waals surface area contributed by atoms with Crippen molar-refractivity contribution in [2.45, 2.75) is 26.2 Å². The monoisotopic (exact) mass is 163 g/mol. The van der Waals surface area contributed by atoms with Crippen molar-refractivity contribution in [1.82, 2.24) is 0 Å². The number of ether oxygens (including phenoxy) is 1. The number of unbranched alkanes of at least 4 members (excludes halogenated alkanes) is 2. The Kier molecular flexibility index (Phi) is 6.31. The molecule has 0 bridgehead atoms. The van der Waals surface area contributed by atoms with Gasteiger partial charge in [-0.2, -0.15) is 0 Å². The molecule has 0 N–H and O–H groups in total. The smallest absolute Gasteiger partial charge is 0.252 e. The minimum atomic E-state index is 0.242. The van der Waals surface area contributed by atoms with Gasteiger partial charge in [0, 0.05) is 0 Å². The minimum Gasteiger partial charge on any atom is -0.475 e. The minimum absolute atomic E-state index is 0.242. The lowest BCUT2D eigenvalue weighted by Crippen LogP contribution is -1.95. The van der Waals surface area contributed by atoms with Crippen LogP contribution in [0.3, 0.4) is 0 Å². The van der Waals surface area contributed by atoms with E-state index >= 15 is 0 Å². The Labute approximate surface area is 67.2 Å². The van der Waals surface area contributed by atoms with Crippen LogP contribution in [0.2, 0.25) is 0 Å². The van der Waals surface area contributed by atoms with Crippen molar-refractivity contribution in [2.75, 3.05) is 6.61 Å². The van der Waals surface area contributed by atoms with Crippen molar-refractivity contribution in [3.05, 3.63) is 0 Å². The van der Waals surface area contributed by atoms with E-state index in [9.17, 15) is 0 Å². The second kappa shape index (κ2) is 6.23. The van der Waals surface area contributed by atoms with Crippen molar-refractivity contribution in [2.24, 2.45) is 0 Å². The van der Waals surface area contributed by atoms with E-state index in [0.29, 0.717) is 6.61 Å². The molecule has 1 nitrogen and oxygen atoms in total. The van der Waals surface area contributed by atoms with Crippen LogP contribution in [0.15, 0.2) is 0 Å². The Hall–Kier alpha value is 0.110. The molecule has 0 saturated carbocycles. The van der Waals surface area contributed by atoms with E-state index in [-0.39, 0.29) is 4.38 Å². The van der Waals surface area contributed by atoms with Gasteiger partial charge in [0.15, 0.2) is 0 Å².